The van der Waals surface area contributed by atoms with E-state index in [9.17, 15) is 25.2 Å². The smallest absolute Gasteiger partial charge is 0.359 e. The Kier molecular flexibility index (Phi) is 14.2. The number of aliphatic carboxylic acids is 1. The molecule has 6 heteroatoms. The third kappa shape index (κ3) is 12.2. The maximum atomic E-state index is 11.4. The summed E-state index contributed by atoms with van der Waals surface area (Å²) >= 11 is 0. The molecule has 0 aromatic carbocycles. The Morgan fingerprint density at radius 3 is 1.77 bits per heavy atom. The summed E-state index contributed by atoms with van der Waals surface area (Å²) in [7, 11) is 0. The molecule has 0 fully saturated rings. The Morgan fingerprint density at radius 2 is 1.42 bits per heavy atom. The van der Waals surface area contributed by atoms with Crippen LogP contribution in [0.15, 0.2) is 24.3 Å². The molecule has 2 atom stereocenters. The van der Waals surface area contributed by atoms with Crippen LogP contribution >= 0.6 is 0 Å². The van der Waals surface area contributed by atoms with Crippen LogP contribution in [0.1, 0.15) is 52.4 Å². The second-order valence-corrected chi connectivity index (χ2v) is 6.98. The number of aliphatic hydroxyl groups is 3. The molecule has 0 amide bonds. The van der Waals surface area contributed by atoms with E-state index in [1.54, 1.807) is 12.2 Å². The molecular formula is C20H38NO5+. The van der Waals surface area contributed by atoms with Crippen molar-refractivity contribution in [1.82, 2.24) is 0 Å². The minimum Gasteiger partial charge on any atom is -0.477 e. The number of nitrogens with zero attached hydrogens (tertiary/aromatic N) is 1. The van der Waals surface area contributed by atoms with E-state index in [0.29, 0.717) is 0 Å². The van der Waals surface area contributed by atoms with E-state index in [-0.39, 0.29) is 37.3 Å². The van der Waals surface area contributed by atoms with Gasteiger partial charge < -0.3 is 24.9 Å². The zero-order valence-electron chi connectivity index (χ0n) is 16.4. The van der Waals surface area contributed by atoms with E-state index < -0.39 is 18.2 Å². The predicted octanol–water partition coefficient (Wildman–Crippen LogP) is 2.09. The van der Waals surface area contributed by atoms with Crippen molar-refractivity contribution >= 4 is 5.97 Å². The molecule has 0 aromatic rings. The standard InChI is InChI=1S/C20H37NO5/c1-3-5-7-9-11-18(23)15-21(13-14-22,17-20(25)26)16-19(24)12-10-8-6-4-2/h9-12,18-19,22-24H,3-8,13-17H2,1-2H3/p+1/b11-9+,12-10+. The zero-order valence-corrected chi connectivity index (χ0v) is 16.4. The maximum Gasteiger partial charge on any atom is 0.359 e. The molecule has 0 aromatic heterocycles. The van der Waals surface area contributed by atoms with Gasteiger partial charge in [0.2, 0.25) is 0 Å². The molecule has 4 N–H and O–H groups in total. The van der Waals surface area contributed by atoms with Crippen LogP contribution in [0.25, 0.3) is 0 Å². The van der Waals surface area contributed by atoms with Gasteiger partial charge in [-0.3, -0.25) is 0 Å². The van der Waals surface area contributed by atoms with Crippen LogP contribution < -0.4 is 0 Å². The van der Waals surface area contributed by atoms with Gasteiger partial charge in [-0.05, 0) is 12.8 Å². The molecule has 0 saturated heterocycles. The highest BCUT2D eigenvalue weighted by Crippen LogP contribution is 2.13. The first-order valence-corrected chi connectivity index (χ1v) is 9.76. The second kappa shape index (κ2) is 14.9. The van der Waals surface area contributed by atoms with E-state index in [1.165, 1.54) is 0 Å². The first kappa shape index (κ1) is 24.8. The Morgan fingerprint density at radius 1 is 0.962 bits per heavy atom. The van der Waals surface area contributed by atoms with Crippen molar-refractivity contribution in [2.75, 3.05) is 32.8 Å². The van der Waals surface area contributed by atoms with Crippen molar-refractivity contribution in [3.8, 4) is 0 Å². The fourth-order valence-electron chi connectivity index (χ4n) is 3.03. The van der Waals surface area contributed by atoms with Gasteiger partial charge in [0.25, 0.3) is 0 Å². The van der Waals surface area contributed by atoms with Gasteiger partial charge >= 0.3 is 5.97 Å². The minimum absolute atomic E-state index is 0.0651. The van der Waals surface area contributed by atoms with E-state index in [0.717, 1.165) is 38.5 Å². The largest absolute Gasteiger partial charge is 0.477 e. The van der Waals surface area contributed by atoms with Gasteiger partial charge in [-0.2, -0.15) is 0 Å². The third-order valence-electron chi connectivity index (χ3n) is 4.36. The number of carboxylic acids is 1. The summed E-state index contributed by atoms with van der Waals surface area (Å²) in [5.41, 5.74) is 0. The maximum absolute atomic E-state index is 11.4. The predicted molar refractivity (Wildman–Crippen MR) is 104 cm³/mol. The zero-order chi connectivity index (χ0) is 19.8. The van der Waals surface area contributed by atoms with Gasteiger partial charge in [0.15, 0.2) is 6.54 Å². The quantitative estimate of drug-likeness (QED) is 0.189. The summed E-state index contributed by atoms with van der Waals surface area (Å²) < 4.78 is -0.0651. The summed E-state index contributed by atoms with van der Waals surface area (Å²) in [6.45, 7) is 4.20. The van der Waals surface area contributed by atoms with Crippen LogP contribution in [0.5, 0.6) is 0 Å². The van der Waals surface area contributed by atoms with Gasteiger partial charge in [0.05, 0.1) is 6.61 Å². The molecule has 0 saturated carbocycles. The second-order valence-electron chi connectivity index (χ2n) is 6.98. The average Bonchev–Trinajstić information content (AvgIpc) is 2.55. The first-order valence-electron chi connectivity index (χ1n) is 9.76. The van der Waals surface area contributed by atoms with Crippen molar-refractivity contribution in [2.24, 2.45) is 0 Å². The molecule has 2 unspecified atom stereocenters. The van der Waals surface area contributed by atoms with E-state index >= 15 is 0 Å². The molecule has 6 nitrogen and oxygen atoms in total. The molecule has 0 aliphatic carbocycles. The Labute approximate surface area is 158 Å². The number of hydrogen-bond acceptors (Lipinski definition) is 4. The van der Waals surface area contributed by atoms with Crippen LogP contribution in [-0.4, -0.2) is 75.9 Å². The summed E-state index contributed by atoms with van der Waals surface area (Å²) in [5, 5.41) is 39.3. The lowest BCUT2D eigenvalue weighted by Gasteiger charge is -2.38. The fourth-order valence-corrected chi connectivity index (χ4v) is 3.03. The minimum atomic E-state index is -1.01. The highest BCUT2D eigenvalue weighted by molar-refractivity contribution is 5.68. The molecule has 152 valence electrons. The Hall–Kier alpha value is -1.21. The van der Waals surface area contributed by atoms with Gasteiger partial charge in [-0.25, -0.2) is 4.79 Å². The number of carbonyl (C=O) groups is 1. The molecule has 0 aliphatic heterocycles. The summed E-state index contributed by atoms with van der Waals surface area (Å²) in [6, 6.07) is 0. The number of quaternary nitrogens is 1. The highest BCUT2D eigenvalue weighted by atomic mass is 16.4. The van der Waals surface area contributed by atoms with Crippen molar-refractivity contribution in [1.29, 1.82) is 0 Å². The average molecular weight is 373 g/mol. The van der Waals surface area contributed by atoms with Crippen LogP contribution in [-0.2, 0) is 4.79 Å². The molecule has 0 bridgehead atoms. The first-order chi connectivity index (χ1) is 12.4. The van der Waals surface area contributed by atoms with Crippen LogP contribution in [0.2, 0.25) is 0 Å². The molecule has 0 heterocycles. The number of unbranched alkanes of at least 4 members (excludes halogenated alkanes) is 4. The van der Waals surface area contributed by atoms with E-state index in [1.807, 2.05) is 12.2 Å². The topological polar surface area (TPSA) is 98.0 Å². The highest BCUT2D eigenvalue weighted by Gasteiger charge is 2.34. The lowest BCUT2D eigenvalue weighted by molar-refractivity contribution is -0.925. The Bertz CT molecular complexity index is 396. The third-order valence-corrected chi connectivity index (χ3v) is 4.36. The summed E-state index contributed by atoms with van der Waals surface area (Å²) in [6.07, 6.45) is 11.5. The van der Waals surface area contributed by atoms with Crippen LogP contribution in [0, 0.1) is 0 Å². The normalized spacial score (nSPS) is 16.8. The molecular weight excluding hydrogens is 334 g/mol. The van der Waals surface area contributed by atoms with Crippen LogP contribution in [0.3, 0.4) is 0 Å². The van der Waals surface area contributed by atoms with Gasteiger partial charge in [0, 0.05) is 0 Å². The molecule has 0 rings (SSSR count). The summed E-state index contributed by atoms with van der Waals surface area (Å²) in [5.74, 6) is -1.01. The van der Waals surface area contributed by atoms with Crippen molar-refractivity contribution in [2.45, 2.75) is 64.6 Å². The van der Waals surface area contributed by atoms with Crippen molar-refractivity contribution in [3.05, 3.63) is 24.3 Å². The lowest BCUT2D eigenvalue weighted by Crippen LogP contribution is -2.58. The van der Waals surface area contributed by atoms with Gasteiger partial charge in [0.1, 0.15) is 31.8 Å². The molecule has 0 spiro atoms. The fraction of sp³-hybridized carbons (Fsp3) is 0.750. The SMILES string of the molecule is CCCC/C=C/C(O)C[N+](CCO)(CC(=O)O)CC(O)/C=C/CCCC. The van der Waals surface area contributed by atoms with Gasteiger partial charge in [-0.1, -0.05) is 63.8 Å². The number of aliphatic hydroxyl groups excluding tert-OH is 3. The number of allylic oxidation sites excluding steroid dienone is 2. The summed E-state index contributed by atoms with van der Waals surface area (Å²) in [4.78, 5) is 11.4. The van der Waals surface area contributed by atoms with Crippen LogP contribution in [0.4, 0.5) is 0 Å². The van der Waals surface area contributed by atoms with Crippen molar-refractivity contribution in [3.63, 3.8) is 0 Å². The molecule has 0 radical (unpaired) electrons. The van der Waals surface area contributed by atoms with E-state index in [4.69, 9.17) is 0 Å². The number of hydrogen-bond donors (Lipinski definition) is 4. The molecule has 26 heavy (non-hydrogen) atoms. The van der Waals surface area contributed by atoms with E-state index in [2.05, 4.69) is 13.8 Å². The number of rotatable bonds is 16. The van der Waals surface area contributed by atoms with Gasteiger partial charge in [-0.15, -0.1) is 0 Å². The lowest BCUT2D eigenvalue weighted by atomic mass is 10.1. The Balaban J connectivity index is 5.04. The van der Waals surface area contributed by atoms with Crippen molar-refractivity contribution < 1.29 is 29.7 Å². The number of carboxylic acid groups (broad SMARTS) is 1. The molecule has 0 aliphatic rings. The monoisotopic (exact) mass is 372 g/mol.